The number of hydrogen-bond donors (Lipinski definition) is 0. The number of nitrogens with zero attached hydrogens (tertiary/aromatic N) is 2. The van der Waals surface area contributed by atoms with E-state index in [9.17, 15) is 0 Å². The van der Waals surface area contributed by atoms with Crippen molar-refractivity contribution in [1.29, 1.82) is 0 Å². The van der Waals surface area contributed by atoms with E-state index in [2.05, 4.69) is 276 Å². The Morgan fingerprint density at radius 2 is 0.824 bits per heavy atom. The Balaban J connectivity index is 1.09. The first-order valence-corrected chi connectivity index (χ1v) is 23.4. The number of para-hydroxylation sites is 1. The Hall–Kier alpha value is -8.98. The molecular weight excluding hydrogens is 821 g/mol. The maximum atomic E-state index is 2.48. The van der Waals surface area contributed by atoms with Gasteiger partial charge in [0, 0.05) is 33.5 Å². The maximum Gasteiger partial charge on any atom is 0.0542 e. The van der Waals surface area contributed by atoms with Gasteiger partial charge in [-0.15, -0.1) is 0 Å². The highest BCUT2D eigenvalue weighted by atomic mass is 15.1. The Morgan fingerprint density at radius 1 is 0.294 bits per heavy atom. The van der Waals surface area contributed by atoms with Crippen molar-refractivity contribution in [3.05, 3.63) is 289 Å². The molecule has 318 valence electrons. The van der Waals surface area contributed by atoms with Crippen LogP contribution in [-0.4, -0.2) is 4.57 Å². The largest absolute Gasteiger partial charge is 0.310 e. The molecule has 0 amide bonds. The molecule has 12 aromatic rings. The van der Waals surface area contributed by atoms with E-state index in [4.69, 9.17) is 0 Å². The smallest absolute Gasteiger partial charge is 0.0542 e. The molecule has 68 heavy (non-hydrogen) atoms. The van der Waals surface area contributed by atoms with E-state index in [1.807, 2.05) is 0 Å². The highest BCUT2D eigenvalue weighted by Crippen LogP contribution is 2.52. The molecule has 11 aromatic carbocycles. The van der Waals surface area contributed by atoms with E-state index in [0.717, 1.165) is 39.4 Å². The third-order valence-corrected chi connectivity index (χ3v) is 13.7. The minimum atomic E-state index is 1.08. The lowest BCUT2D eigenvalue weighted by Gasteiger charge is -2.28. The summed E-state index contributed by atoms with van der Waals surface area (Å²) in [6.45, 7) is 0. The summed E-state index contributed by atoms with van der Waals surface area (Å²) in [5.74, 6) is 0. The molecule has 0 aliphatic heterocycles. The van der Waals surface area contributed by atoms with Gasteiger partial charge < -0.3 is 9.47 Å². The van der Waals surface area contributed by atoms with Crippen LogP contribution in [0, 0.1) is 0 Å². The summed E-state index contributed by atoms with van der Waals surface area (Å²) >= 11 is 0. The second kappa shape index (κ2) is 16.5. The van der Waals surface area contributed by atoms with E-state index >= 15 is 0 Å². The Bertz CT molecular complexity index is 3780. The average Bonchev–Trinajstić information content (AvgIpc) is 3.92. The number of rotatable bonds is 8. The second-order valence-electron chi connectivity index (χ2n) is 17.7. The SMILES string of the molecule is c1ccc(C(=C2c3ccccc3-c3ccc(N(c4cc(-c5ccccc5)cc(-c5ccccc5)c4)c4ccc5c(c4)c4ccccc4n5-c4ccc5ccccc5c4)cc32)c2ccccc2)cc1. The van der Waals surface area contributed by atoms with Crippen molar-refractivity contribution in [2.24, 2.45) is 0 Å². The quantitative estimate of drug-likeness (QED) is 0.148. The molecule has 0 radical (unpaired) electrons. The molecular formula is C66H44N2. The van der Waals surface area contributed by atoms with Gasteiger partial charge in [0.2, 0.25) is 0 Å². The van der Waals surface area contributed by atoms with Crippen LogP contribution in [-0.2, 0) is 0 Å². The number of fused-ring (bicyclic) bond motifs is 7. The fourth-order valence-electron chi connectivity index (χ4n) is 10.6. The zero-order chi connectivity index (χ0) is 45.0. The summed E-state index contributed by atoms with van der Waals surface area (Å²) in [7, 11) is 0. The van der Waals surface area contributed by atoms with Crippen molar-refractivity contribution < 1.29 is 0 Å². The lowest BCUT2D eigenvalue weighted by molar-refractivity contribution is 1.18. The molecule has 1 aliphatic carbocycles. The van der Waals surface area contributed by atoms with Crippen LogP contribution in [0.3, 0.4) is 0 Å². The van der Waals surface area contributed by atoms with Crippen molar-refractivity contribution in [2.75, 3.05) is 4.90 Å². The first-order valence-electron chi connectivity index (χ1n) is 23.4. The summed E-state index contributed by atoms with van der Waals surface area (Å²) in [6.07, 6.45) is 0. The summed E-state index contributed by atoms with van der Waals surface area (Å²) in [5, 5.41) is 4.87. The van der Waals surface area contributed by atoms with Crippen molar-refractivity contribution in [2.45, 2.75) is 0 Å². The summed E-state index contributed by atoms with van der Waals surface area (Å²) in [6, 6.07) is 97.7. The normalized spacial score (nSPS) is 11.8. The number of aromatic nitrogens is 1. The third kappa shape index (κ3) is 6.73. The molecule has 1 aliphatic rings. The fourth-order valence-corrected chi connectivity index (χ4v) is 10.6. The zero-order valence-electron chi connectivity index (χ0n) is 37.3. The molecule has 1 heterocycles. The van der Waals surface area contributed by atoms with E-state index in [0.29, 0.717) is 0 Å². The minimum Gasteiger partial charge on any atom is -0.310 e. The number of anilines is 3. The van der Waals surface area contributed by atoms with Gasteiger partial charge in [0.1, 0.15) is 0 Å². The van der Waals surface area contributed by atoms with Crippen LogP contribution in [0.15, 0.2) is 267 Å². The van der Waals surface area contributed by atoms with Crippen molar-refractivity contribution >= 4 is 60.8 Å². The molecule has 0 spiro atoms. The third-order valence-electron chi connectivity index (χ3n) is 13.7. The van der Waals surface area contributed by atoms with Gasteiger partial charge in [-0.1, -0.05) is 200 Å². The lowest BCUT2D eigenvalue weighted by Crippen LogP contribution is -2.11. The van der Waals surface area contributed by atoms with Gasteiger partial charge in [-0.25, -0.2) is 0 Å². The van der Waals surface area contributed by atoms with Crippen LogP contribution in [0.25, 0.3) is 82.8 Å². The van der Waals surface area contributed by atoms with E-state index in [1.165, 1.54) is 82.7 Å². The molecule has 2 nitrogen and oxygen atoms in total. The molecule has 0 bridgehead atoms. The second-order valence-corrected chi connectivity index (χ2v) is 17.7. The highest BCUT2D eigenvalue weighted by Gasteiger charge is 2.29. The molecule has 0 fully saturated rings. The Kier molecular flexibility index (Phi) is 9.54. The predicted octanol–water partition coefficient (Wildman–Crippen LogP) is 17.7. The van der Waals surface area contributed by atoms with Gasteiger partial charge >= 0.3 is 0 Å². The topological polar surface area (TPSA) is 8.17 Å². The van der Waals surface area contributed by atoms with Crippen LogP contribution >= 0.6 is 0 Å². The Labute approximate surface area is 396 Å². The molecule has 0 unspecified atom stereocenters. The first kappa shape index (κ1) is 39.4. The van der Waals surface area contributed by atoms with Gasteiger partial charge in [0.25, 0.3) is 0 Å². The van der Waals surface area contributed by atoms with E-state index in [-0.39, 0.29) is 0 Å². The minimum absolute atomic E-state index is 1.08. The van der Waals surface area contributed by atoms with Crippen molar-refractivity contribution in [3.63, 3.8) is 0 Å². The number of benzene rings is 11. The highest BCUT2D eigenvalue weighted by molar-refractivity contribution is 6.15. The maximum absolute atomic E-state index is 2.48. The molecule has 1 aromatic heterocycles. The van der Waals surface area contributed by atoms with Crippen LogP contribution in [0.2, 0.25) is 0 Å². The summed E-state index contributed by atoms with van der Waals surface area (Å²) < 4.78 is 2.42. The average molecular weight is 865 g/mol. The molecule has 0 saturated heterocycles. The van der Waals surface area contributed by atoms with Crippen molar-refractivity contribution in [1.82, 2.24) is 4.57 Å². The summed E-state index contributed by atoms with van der Waals surface area (Å²) in [5.41, 5.74) is 21.2. The zero-order valence-corrected chi connectivity index (χ0v) is 37.3. The van der Waals surface area contributed by atoms with Gasteiger partial charge in [-0.3, -0.25) is 0 Å². The molecule has 0 N–H and O–H groups in total. The van der Waals surface area contributed by atoms with Gasteiger partial charge in [-0.2, -0.15) is 0 Å². The summed E-state index contributed by atoms with van der Waals surface area (Å²) in [4.78, 5) is 2.48. The first-order chi connectivity index (χ1) is 33.7. The molecule has 2 heteroatoms. The van der Waals surface area contributed by atoms with Crippen molar-refractivity contribution in [3.8, 4) is 39.1 Å². The monoisotopic (exact) mass is 864 g/mol. The van der Waals surface area contributed by atoms with Crippen LogP contribution in [0.4, 0.5) is 17.1 Å². The van der Waals surface area contributed by atoms with Crippen LogP contribution in [0.1, 0.15) is 22.3 Å². The standard InChI is InChI=1S/C66H44N2/c1-5-19-45(20-6-1)51-39-52(46-21-7-2-8-22-46)42-56(41-51)67(55-36-38-64-61(43-55)59-30-17-18-32-63(59)68(64)53-34-33-47-23-13-14-28-50(47)40-53)54-35-37-58-57-29-15-16-31-60(57)66(62(58)44-54)65(48-24-9-3-10-25-48)49-26-11-4-12-27-49/h1-44H. The van der Waals surface area contributed by atoms with E-state index < -0.39 is 0 Å². The van der Waals surface area contributed by atoms with E-state index in [1.54, 1.807) is 0 Å². The molecule has 0 saturated carbocycles. The molecule has 13 rings (SSSR count). The van der Waals surface area contributed by atoms with Crippen LogP contribution in [0.5, 0.6) is 0 Å². The predicted molar refractivity (Wildman–Crippen MR) is 287 cm³/mol. The van der Waals surface area contributed by atoms with Gasteiger partial charge in [0.15, 0.2) is 0 Å². The Morgan fingerprint density at radius 3 is 1.51 bits per heavy atom. The lowest BCUT2D eigenvalue weighted by atomic mass is 9.88. The van der Waals surface area contributed by atoms with Gasteiger partial charge in [0.05, 0.1) is 11.0 Å². The van der Waals surface area contributed by atoms with Crippen LogP contribution < -0.4 is 4.90 Å². The molecule has 0 atom stereocenters. The fraction of sp³-hybridized carbons (Fsp3) is 0. The number of hydrogen-bond acceptors (Lipinski definition) is 1. The van der Waals surface area contributed by atoms with Gasteiger partial charge in [-0.05, 0) is 144 Å².